The number of aromatic nitrogens is 2. The zero-order valence-electron chi connectivity index (χ0n) is 11.8. The van der Waals surface area contributed by atoms with E-state index in [0.717, 1.165) is 12.8 Å². The van der Waals surface area contributed by atoms with E-state index in [0.29, 0.717) is 24.5 Å². The Bertz CT molecular complexity index is 445. The molecule has 0 unspecified atom stereocenters. The molecule has 7 nitrogen and oxygen atoms in total. The molecule has 1 aromatic rings. The van der Waals surface area contributed by atoms with Gasteiger partial charge in [-0.05, 0) is 25.0 Å². The summed E-state index contributed by atoms with van der Waals surface area (Å²) in [5, 5.41) is 19.4. The summed E-state index contributed by atoms with van der Waals surface area (Å²) in [5.74, 6) is -0.332. The average molecular weight is 280 g/mol. The highest BCUT2D eigenvalue weighted by Gasteiger charge is 2.09. The van der Waals surface area contributed by atoms with Crippen LogP contribution in [0.5, 0.6) is 0 Å². The number of anilines is 1. The molecule has 0 spiro atoms. The fourth-order valence-electron chi connectivity index (χ4n) is 1.56. The molecular weight excluding hydrogens is 260 g/mol. The van der Waals surface area contributed by atoms with E-state index in [1.807, 2.05) is 0 Å². The number of nitrogens with one attached hydrogen (secondary N) is 1. The summed E-state index contributed by atoms with van der Waals surface area (Å²) >= 11 is 0. The van der Waals surface area contributed by atoms with Crippen molar-refractivity contribution in [3.63, 3.8) is 0 Å². The lowest BCUT2D eigenvalue weighted by atomic mass is 10.2. The molecule has 0 aliphatic heterocycles. The first-order valence-corrected chi connectivity index (χ1v) is 6.51. The van der Waals surface area contributed by atoms with Crippen molar-refractivity contribution >= 4 is 17.7 Å². The summed E-state index contributed by atoms with van der Waals surface area (Å²) < 4.78 is 0. The lowest BCUT2D eigenvalue weighted by Crippen LogP contribution is -2.23. The molecule has 0 saturated carbocycles. The summed E-state index contributed by atoms with van der Waals surface area (Å²) in [5.41, 5.74) is 0.307. The van der Waals surface area contributed by atoms with E-state index in [1.54, 1.807) is 26.2 Å². The van der Waals surface area contributed by atoms with Crippen LogP contribution in [0.2, 0.25) is 0 Å². The van der Waals surface area contributed by atoms with E-state index in [4.69, 9.17) is 5.11 Å². The van der Waals surface area contributed by atoms with Gasteiger partial charge in [0.05, 0.1) is 0 Å². The lowest BCUT2D eigenvalue weighted by Gasteiger charge is -2.09. The molecule has 0 fully saturated rings. The number of amides is 1. The maximum Gasteiger partial charge on any atom is 0.303 e. The third-order valence-electron chi connectivity index (χ3n) is 2.66. The van der Waals surface area contributed by atoms with E-state index in [9.17, 15) is 9.59 Å². The molecular formula is C13H20N4O3. The van der Waals surface area contributed by atoms with Crippen LogP contribution in [0, 0.1) is 0 Å². The molecule has 1 amide bonds. The number of carbonyl (C=O) groups excluding carboxylic acids is 1. The Kier molecular flexibility index (Phi) is 6.42. The third kappa shape index (κ3) is 5.64. The molecule has 1 aromatic heterocycles. The van der Waals surface area contributed by atoms with Crippen LogP contribution >= 0.6 is 0 Å². The van der Waals surface area contributed by atoms with E-state index in [2.05, 4.69) is 15.5 Å². The average Bonchev–Trinajstić information content (AvgIpc) is 2.42. The number of carboxylic acids is 1. The Morgan fingerprint density at radius 1 is 1.20 bits per heavy atom. The lowest BCUT2D eigenvalue weighted by molar-refractivity contribution is -0.137. The molecule has 1 rings (SSSR count). The first kappa shape index (κ1) is 15.9. The van der Waals surface area contributed by atoms with Crippen LogP contribution < -0.4 is 5.32 Å². The Morgan fingerprint density at radius 3 is 2.50 bits per heavy atom. The molecule has 0 bridgehead atoms. The Balaban J connectivity index is 2.28. The number of carboxylic acid groups (broad SMARTS) is 1. The van der Waals surface area contributed by atoms with E-state index in [-0.39, 0.29) is 12.3 Å². The molecule has 0 aliphatic rings. The van der Waals surface area contributed by atoms with Crippen molar-refractivity contribution in [2.24, 2.45) is 0 Å². The van der Waals surface area contributed by atoms with Gasteiger partial charge in [-0.1, -0.05) is 6.42 Å². The quantitative estimate of drug-likeness (QED) is 0.695. The SMILES string of the molecule is CN(C)C(=O)c1ccc(NCCCCCC(=O)O)nn1. The van der Waals surface area contributed by atoms with Crippen molar-refractivity contribution < 1.29 is 14.7 Å². The van der Waals surface area contributed by atoms with Crippen LogP contribution in [0.15, 0.2) is 12.1 Å². The Labute approximate surface area is 118 Å². The molecule has 1 heterocycles. The van der Waals surface area contributed by atoms with Gasteiger partial charge < -0.3 is 15.3 Å². The number of nitrogens with zero attached hydrogens (tertiary/aromatic N) is 3. The van der Waals surface area contributed by atoms with Crippen molar-refractivity contribution in [2.75, 3.05) is 26.0 Å². The maximum absolute atomic E-state index is 11.6. The summed E-state index contributed by atoms with van der Waals surface area (Å²) in [6.45, 7) is 0.704. The predicted molar refractivity (Wildman–Crippen MR) is 74.6 cm³/mol. The topological polar surface area (TPSA) is 95.4 Å². The molecule has 0 radical (unpaired) electrons. The van der Waals surface area contributed by atoms with Gasteiger partial charge in [0.15, 0.2) is 5.69 Å². The second-order valence-corrected chi connectivity index (χ2v) is 4.63. The first-order chi connectivity index (χ1) is 9.50. The smallest absolute Gasteiger partial charge is 0.303 e. The zero-order chi connectivity index (χ0) is 15.0. The van der Waals surface area contributed by atoms with Crippen molar-refractivity contribution in [1.82, 2.24) is 15.1 Å². The van der Waals surface area contributed by atoms with Gasteiger partial charge in [0.25, 0.3) is 5.91 Å². The van der Waals surface area contributed by atoms with E-state index < -0.39 is 5.97 Å². The fraction of sp³-hybridized carbons (Fsp3) is 0.538. The van der Waals surface area contributed by atoms with Gasteiger partial charge in [-0.15, -0.1) is 10.2 Å². The van der Waals surface area contributed by atoms with E-state index in [1.165, 1.54) is 4.90 Å². The molecule has 0 atom stereocenters. The fourth-order valence-corrected chi connectivity index (χ4v) is 1.56. The van der Waals surface area contributed by atoms with Crippen LogP contribution in [0.3, 0.4) is 0 Å². The van der Waals surface area contributed by atoms with E-state index >= 15 is 0 Å². The molecule has 0 aromatic carbocycles. The number of carbonyl (C=O) groups is 2. The summed E-state index contributed by atoms with van der Waals surface area (Å²) in [6, 6.07) is 3.34. The predicted octanol–water partition coefficient (Wildman–Crippen LogP) is 1.24. The maximum atomic E-state index is 11.6. The molecule has 0 aliphatic carbocycles. The number of unbranched alkanes of at least 4 members (excludes halogenated alkanes) is 2. The first-order valence-electron chi connectivity index (χ1n) is 6.51. The highest BCUT2D eigenvalue weighted by Crippen LogP contribution is 2.05. The highest BCUT2D eigenvalue weighted by molar-refractivity contribution is 5.91. The normalized spacial score (nSPS) is 10.1. The van der Waals surface area contributed by atoms with Crippen molar-refractivity contribution in [3.8, 4) is 0 Å². The minimum Gasteiger partial charge on any atom is -0.481 e. The van der Waals surface area contributed by atoms with Gasteiger partial charge in [0.2, 0.25) is 0 Å². The monoisotopic (exact) mass is 280 g/mol. The molecule has 20 heavy (non-hydrogen) atoms. The van der Waals surface area contributed by atoms with Gasteiger partial charge in [-0.2, -0.15) is 0 Å². The molecule has 2 N–H and O–H groups in total. The number of rotatable bonds is 8. The number of aliphatic carboxylic acids is 1. The molecule has 110 valence electrons. The standard InChI is InChI=1S/C13H20N4O3/c1-17(2)13(20)10-7-8-11(16-15-10)14-9-5-3-4-6-12(18)19/h7-8H,3-6,9H2,1-2H3,(H,14,16)(H,18,19). The zero-order valence-corrected chi connectivity index (χ0v) is 11.8. The van der Waals surface area contributed by atoms with Gasteiger partial charge in [-0.25, -0.2) is 0 Å². The van der Waals surface area contributed by atoms with Crippen LogP contribution in [-0.4, -0.2) is 52.7 Å². The van der Waals surface area contributed by atoms with Crippen LogP contribution in [0.1, 0.15) is 36.2 Å². The van der Waals surface area contributed by atoms with Crippen LogP contribution in [0.25, 0.3) is 0 Å². The van der Waals surface area contributed by atoms with Gasteiger partial charge in [-0.3, -0.25) is 9.59 Å². The van der Waals surface area contributed by atoms with Crippen molar-refractivity contribution in [1.29, 1.82) is 0 Å². The number of hydrogen-bond donors (Lipinski definition) is 2. The molecule has 7 heteroatoms. The minimum atomic E-state index is -0.759. The van der Waals surface area contributed by atoms with Gasteiger partial charge >= 0.3 is 5.97 Å². The minimum absolute atomic E-state index is 0.183. The van der Waals surface area contributed by atoms with Crippen LogP contribution in [0.4, 0.5) is 5.82 Å². The molecule has 0 saturated heterocycles. The number of hydrogen-bond acceptors (Lipinski definition) is 5. The van der Waals surface area contributed by atoms with Gasteiger partial charge in [0, 0.05) is 27.1 Å². The second kappa shape index (κ2) is 8.08. The van der Waals surface area contributed by atoms with Crippen LogP contribution in [-0.2, 0) is 4.79 Å². The van der Waals surface area contributed by atoms with Crippen molar-refractivity contribution in [3.05, 3.63) is 17.8 Å². The largest absolute Gasteiger partial charge is 0.481 e. The van der Waals surface area contributed by atoms with Gasteiger partial charge in [0.1, 0.15) is 5.82 Å². The Morgan fingerprint density at radius 2 is 1.95 bits per heavy atom. The van der Waals surface area contributed by atoms with Crippen molar-refractivity contribution in [2.45, 2.75) is 25.7 Å². The summed E-state index contributed by atoms with van der Waals surface area (Å²) in [4.78, 5) is 23.4. The second-order valence-electron chi connectivity index (χ2n) is 4.63. The Hall–Kier alpha value is -2.18. The summed E-state index contributed by atoms with van der Waals surface area (Å²) in [7, 11) is 3.32. The highest BCUT2D eigenvalue weighted by atomic mass is 16.4. The summed E-state index contributed by atoms with van der Waals surface area (Å²) in [6.07, 6.45) is 2.61. The third-order valence-corrected chi connectivity index (χ3v) is 2.66.